The minimum Gasteiger partial charge on any atom is -0.394 e. The molecule has 12 heteroatoms. The van der Waals surface area contributed by atoms with Crippen molar-refractivity contribution in [2.24, 2.45) is 0 Å². The van der Waals surface area contributed by atoms with Crippen molar-refractivity contribution in [2.75, 3.05) is 13.2 Å². The molecule has 10 atom stereocenters. The molecule has 2 rings (SSSR count). The molecule has 0 aromatic carbocycles. The van der Waals surface area contributed by atoms with E-state index in [1.165, 1.54) is 0 Å². The third kappa shape index (κ3) is 3.53. The van der Waals surface area contributed by atoms with Crippen molar-refractivity contribution in [1.82, 2.24) is 0 Å². The molecule has 10 nitrogen and oxygen atoms in total. The molecule has 2 aliphatic heterocycles. The Morgan fingerprint density at radius 2 is 1.46 bits per heavy atom. The van der Waals surface area contributed by atoms with Gasteiger partial charge in [0, 0.05) is 0 Å². The van der Waals surface area contributed by atoms with Crippen molar-refractivity contribution in [3.05, 3.63) is 0 Å². The highest BCUT2D eigenvalue weighted by Gasteiger charge is 2.56. The topological polar surface area (TPSA) is 169 Å². The van der Waals surface area contributed by atoms with Crippen LogP contribution in [0.25, 0.3) is 0 Å². The van der Waals surface area contributed by atoms with E-state index in [1.807, 2.05) is 0 Å². The Hall–Kier alpha value is -0.540. The summed E-state index contributed by atoms with van der Waals surface area (Å²) in [5.41, 5.74) is 0. The van der Waals surface area contributed by atoms with Crippen molar-refractivity contribution in [3.8, 4) is 0 Å². The molecule has 0 radical (unpaired) electrons. The average Bonchev–Trinajstić information content (AvgIpc) is 2.56. The van der Waals surface area contributed by atoms with Crippen molar-refractivity contribution >= 4 is 0 Å². The molecule has 2 fully saturated rings. The number of rotatable bonds is 4. The monoisotopic (exact) mass is 362 g/mol. The minimum atomic E-state index is -3.40. The Labute approximate surface area is 134 Å². The summed E-state index contributed by atoms with van der Waals surface area (Å²) in [4.78, 5) is 0. The lowest BCUT2D eigenvalue weighted by molar-refractivity contribution is -0.424. The second-order valence-corrected chi connectivity index (χ2v) is 5.66. The van der Waals surface area contributed by atoms with E-state index in [9.17, 15) is 39.4 Å². The van der Waals surface area contributed by atoms with Crippen LogP contribution in [0.5, 0.6) is 0 Å². The van der Waals surface area contributed by atoms with E-state index < -0.39 is 74.4 Å². The van der Waals surface area contributed by atoms with Crippen LogP contribution in [0, 0.1) is 0 Å². The molecule has 0 aliphatic carbocycles. The van der Waals surface area contributed by atoms with Gasteiger partial charge < -0.3 is 50.0 Å². The van der Waals surface area contributed by atoms with Crippen LogP contribution < -0.4 is 0 Å². The van der Waals surface area contributed by atoms with Gasteiger partial charge in [0.2, 0.25) is 6.36 Å². The summed E-state index contributed by atoms with van der Waals surface area (Å²) in [7, 11) is 0. The number of halogens is 2. The molecule has 0 spiro atoms. The first-order chi connectivity index (χ1) is 11.1. The predicted molar refractivity (Wildman–Crippen MR) is 67.6 cm³/mol. The van der Waals surface area contributed by atoms with E-state index in [2.05, 4.69) is 14.2 Å². The molecule has 0 aromatic rings. The molecule has 142 valence electrons. The first-order valence-corrected chi connectivity index (χ1v) is 7.12. The molecule has 7 N–H and O–H groups in total. The van der Waals surface area contributed by atoms with Crippen LogP contribution in [0.2, 0.25) is 0 Å². The van der Waals surface area contributed by atoms with Crippen LogP contribution in [0.4, 0.5) is 8.78 Å². The van der Waals surface area contributed by atoms with Crippen LogP contribution in [-0.4, -0.2) is 110 Å². The van der Waals surface area contributed by atoms with Crippen LogP contribution in [0.3, 0.4) is 0 Å². The fraction of sp³-hybridized carbons (Fsp3) is 1.00. The molecule has 0 aromatic heterocycles. The van der Waals surface area contributed by atoms with E-state index in [4.69, 9.17) is 5.11 Å². The molecule has 2 aliphatic rings. The molecule has 0 saturated carbocycles. The van der Waals surface area contributed by atoms with Gasteiger partial charge in [0.25, 0.3) is 0 Å². The Morgan fingerprint density at radius 3 is 2.04 bits per heavy atom. The van der Waals surface area contributed by atoms with Gasteiger partial charge in [-0.25, -0.2) is 4.39 Å². The van der Waals surface area contributed by atoms with Crippen molar-refractivity contribution in [3.63, 3.8) is 0 Å². The SMILES string of the molecule is OC[C@H]1O[C@@](F)(OC[C@H]2O[C@H](F)[C@H](O)[C@@H](O)[C@@H]2O)[C@H](O)[C@@H](O)[C@@H]1O. The number of alkyl halides is 2. The molecule has 24 heavy (non-hydrogen) atoms. The molecule has 0 unspecified atom stereocenters. The standard InChI is InChI=1S/C12H20F2O10/c13-11-9(20)7(18)6(17)4(23-11)2-22-12(14)10(21)8(19)5(16)3(1-15)24-12/h3-11,15-21H,1-2H2/t3-,4-,5-,6-,7+,8+,9-,10-,11+,12+/m1/s1. The Balaban J connectivity index is 2.04. The van der Waals surface area contributed by atoms with Gasteiger partial charge in [-0.3, -0.25) is 0 Å². The summed E-state index contributed by atoms with van der Waals surface area (Å²) in [6.45, 7) is -1.85. The second kappa shape index (κ2) is 7.37. The van der Waals surface area contributed by atoms with Crippen molar-refractivity contribution in [1.29, 1.82) is 0 Å². The largest absolute Gasteiger partial charge is 0.394 e. The van der Waals surface area contributed by atoms with E-state index in [-0.39, 0.29) is 0 Å². The number of ether oxygens (including phenoxy) is 3. The summed E-state index contributed by atoms with van der Waals surface area (Å²) >= 11 is 0. The van der Waals surface area contributed by atoms with Gasteiger partial charge in [-0.05, 0) is 0 Å². The lowest BCUT2D eigenvalue weighted by Gasteiger charge is -2.44. The van der Waals surface area contributed by atoms with Gasteiger partial charge in [0.05, 0.1) is 13.2 Å². The number of hydrogen-bond donors (Lipinski definition) is 7. The minimum absolute atomic E-state index is 0.903. The highest BCUT2D eigenvalue weighted by atomic mass is 19.2. The van der Waals surface area contributed by atoms with Gasteiger partial charge in [0.15, 0.2) is 6.10 Å². The normalized spacial score (nSPS) is 53.1. The van der Waals surface area contributed by atoms with Crippen molar-refractivity contribution < 1.29 is 58.7 Å². The zero-order valence-electron chi connectivity index (χ0n) is 12.2. The van der Waals surface area contributed by atoms with E-state index in [1.54, 1.807) is 0 Å². The summed E-state index contributed by atoms with van der Waals surface area (Å²) < 4.78 is 41.6. The summed E-state index contributed by atoms with van der Waals surface area (Å²) in [6.07, 6.45) is -17.6. The maximum Gasteiger partial charge on any atom is 0.350 e. The molecule has 2 heterocycles. The first-order valence-electron chi connectivity index (χ1n) is 7.12. The van der Waals surface area contributed by atoms with Gasteiger partial charge in [-0.15, -0.1) is 0 Å². The lowest BCUT2D eigenvalue weighted by atomic mass is 9.98. The zero-order valence-corrected chi connectivity index (χ0v) is 12.2. The molecular weight excluding hydrogens is 342 g/mol. The third-order valence-electron chi connectivity index (χ3n) is 4.00. The van der Waals surface area contributed by atoms with Crippen LogP contribution >= 0.6 is 0 Å². The van der Waals surface area contributed by atoms with Gasteiger partial charge in [-0.1, -0.05) is 0 Å². The summed E-state index contributed by atoms with van der Waals surface area (Å²) in [5, 5.41) is 66.0. The maximum absolute atomic E-state index is 14.6. The quantitative estimate of drug-likeness (QED) is 0.261. The first kappa shape index (κ1) is 19.8. The van der Waals surface area contributed by atoms with Gasteiger partial charge >= 0.3 is 6.04 Å². The third-order valence-corrected chi connectivity index (χ3v) is 4.00. The number of aliphatic hydroxyl groups is 7. The molecule has 0 bridgehead atoms. The fourth-order valence-corrected chi connectivity index (χ4v) is 2.46. The molecule has 2 saturated heterocycles. The van der Waals surface area contributed by atoms with E-state index >= 15 is 0 Å². The number of hydrogen-bond acceptors (Lipinski definition) is 10. The zero-order chi connectivity index (χ0) is 18.2. The van der Waals surface area contributed by atoms with E-state index in [0.29, 0.717) is 0 Å². The molecule has 0 amide bonds. The van der Waals surface area contributed by atoms with Crippen LogP contribution in [0.1, 0.15) is 0 Å². The molecular formula is C12H20F2O10. The highest BCUT2D eigenvalue weighted by Crippen LogP contribution is 2.33. The average molecular weight is 362 g/mol. The van der Waals surface area contributed by atoms with Crippen LogP contribution in [-0.2, 0) is 14.2 Å². The Kier molecular flexibility index (Phi) is 6.08. The fourth-order valence-electron chi connectivity index (χ4n) is 2.46. The lowest BCUT2D eigenvalue weighted by Crippen LogP contribution is -2.65. The Morgan fingerprint density at radius 1 is 0.875 bits per heavy atom. The maximum atomic E-state index is 14.6. The van der Waals surface area contributed by atoms with Crippen molar-refractivity contribution in [2.45, 2.75) is 61.2 Å². The summed E-state index contributed by atoms with van der Waals surface area (Å²) in [5.74, 6) is 0. The van der Waals surface area contributed by atoms with Gasteiger partial charge in [-0.2, -0.15) is 4.39 Å². The summed E-state index contributed by atoms with van der Waals surface area (Å²) in [6, 6.07) is -3.40. The number of aliphatic hydroxyl groups excluding tert-OH is 7. The van der Waals surface area contributed by atoms with E-state index in [0.717, 1.165) is 0 Å². The Bertz CT molecular complexity index is 429. The second-order valence-electron chi connectivity index (χ2n) is 5.66. The predicted octanol–water partition coefficient (Wildman–Crippen LogP) is -4.12. The highest BCUT2D eigenvalue weighted by molar-refractivity contribution is 4.93. The van der Waals surface area contributed by atoms with Gasteiger partial charge in [0.1, 0.15) is 42.7 Å². The van der Waals surface area contributed by atoms with Crippen LogP contribution in [0.15, 0.2) is 0 Å². The smallest absolute Gasteiger partial charge is 0.350 e.